The maximum absolute atomic E-state index is 12.2. The summed E-state index contributed by atoms with van der Waals surface area (Å²) in [4.78, 5) is 26.8. The molecule has 0 bridgehead atoms. The molecule has 0 fully saturated rings. The molecule has 0 aliphatic carbocycles. The molecule has 4 rings (SSSR count). The number of anilines is 1. The Morgan fingerprint density at radius 1 is 1.17 bits per heavy atom. The van der Waals surface area contributed by atoms with Crippen molar-refractivity contribution in [1.29, 1.82) is 0 Å². The molecule has 0 aliphatic heterocycles. The molecule has 0 saturated carbocycles. The van der Waals surface area contributed by atoms with Crippen molar-refractivity contribution in [3.63, 3.8) is 0 Å². The van der Waals surface area contributed by atoms with Crippen molar-refractivity contribution in [2.24, 2.45) is 0 Å². The lowest BCUT2D eigenvalue weighted by molar-refractivity contribution is 0.0378. The number of aromatic nitrogens is 3. The zero-order valence-corrected chi connectivity index (χ0v) is 21.6. The molecular formula is C27H33N5O2S. The highest BCUT2D eigenvalue weighted by molar-refractivity contribution is 7.22. The van der Waals surface area contributed by atoms with Crippen molar-refractivity contribution >= 4 is 32.7 Å². The number of likely N-dealkylation sites (N-methyl/N-ethyl adjacent to an activating group) is 1. The molecular weight excluding hydrogens is 458 g/mol. The molecule has 0 amide bonds. The number of rotatable bonds is 11. The summed E-state index contributed by atoms with van der Waals surface area (Å²) in [5.41, 5.74) is 3.87. The van der Waals surface area contributed by atoms with Crippen LogP contribution in [0.25, 0.3) is 10.2 Å². The first-order chi connectivity index (χ1) is 16.9. The summed E-state index contributed by atoms with van der Waals surface area (Å²) in [7, 11) is 4.27. The third-order valence-electron chi connectivity index (χ3n) is 5.87. The first-order valence-corrected chi connectivity index (χ1v) is 12.8. The van der Waals surface area contributed by atoms with Gasteiger partial charge in [-0.2, -0.15) is 0 Å². The second kappa shape index (κ2) is 11.5. The van der Waals surface area contributed by atoms with E-state index in [-0.39, 0.29) is 12.1 Å². The molecule has 1 unspecified atom stereocenters. The average Bonchev–Trinajstić information content (AvgIpc) is 3.49. The van der Waals surface area contributed by atoms with E-state index in [1.54, 1.807) is 23.6 Å². The summed E-state index contributed by atoms with van der Waals surface area (Å²) >= 11 is 1.65. The predicted octanol–water partition coefficient (Wildman–Crippen LogP) is 5.30. The van der Waals surface area contributed by atoms with Gasteiger partial charge in [0.15, 0.2) is 5.13 Å². The van der Waals surface area contributed by atoms with Crippen LogP contribution in [-0.2, 0) is 24.1 Å². The van der Waals surface area contributed by atoms with E-state index in [0.29, 0.717) is 18.2 Å². The van der Waals surface area contributed by atoms with Crippen LogP contribution in [0.1, 0.15) is 47.6 Å². The molecule has 0 radical (unpaired) electrons. The number of nitrogens with zero attached hydrogens (tertiary/aromatic N) is 3. The van der Waals surface area contributed by atoms with Crippen molar-refractivity contribution in [1.82, 2.24) is 19.9 Å². The standard InChI is InChI=1S/C27H33N5O2S/c1-18(2)34-26(33)21-7-5-6-20(14-21)17-30-27-31-23-10-8-19(16-24(23)35-27)15-22(32(3)4)9-11-25-28-12-13-29-25/h5-8,10,12-14,16,18,22H,9,11,15,17H2,1-4H3,(H,28,29)(H,30,31). The summed E-state index contributed by atoms with van der Waals surface area (Å²) in [5.74, 6) is 0.738. The number of hydrogen-bond donors (Lipinski definition) is 2. The molecule has 2 aromatic carbocycles. The minimum atomic E-state index is -0.297. The molecule has 0 aliphatic rings. The Bertz CT molecular complexity index is 1250. The SMILES string of the molecule is CC(C)OC(=O)c1cccc(CNc2nc3ccc(CC(CCc4ncc[nH]4)N(C)C)cc3s2)c1. The van der Waals surface area contributed by atoms with Crippen LogP contribution >= 0.6 is 11.3 Å². The highest BCUT2D eigenvalue weighted by atomic mass is 32.1. The fourth-order valence-electron chi connectivity index (χ4n) is 3.99. The van der Waals surface area contributed by atoms with Crippen LogP contribution in [-0.4, -0.2) is 52.1 Å². The van der Waals surface area contributed by atoms with Gasteiger partial charge in [-0.25, -0.2) is 14.8 Å². The molecule has 2 heterocycles. The number of carbonyl (C=O) groups is 1. The Morgan fingerprint density at radius 2 is 2.03 bits per heavy atom. The van der Waals surface area contributed by atoms with Crippen molar-refractivity contribution in [2.75, 3.05) is 19.4 Å². The minimum Gasteiger partial charge on any atom is -0.459 e. The monoisotopic (exact) mass is 491 g/mol. The Kier molecular flexibility index (Phi) is 8.15. The number of aryl methyl sites for hydroxylation is 1. The first-order valence-electron chi connectivity index (χ1n) is 12.0. The average molecular weight is 492 g/mol. The van der Waals surface area contributed by atoms with Gasteiger partial charge in [-0.05, 0) is 76.2 Å². The Hall–Kier alpha value is -3.23. The molecule has 0 saturated heterocycles. The first kappa shape index (κ1) is 24.9. The van der Waals surface area contributed by atoms with E-state index >= 15 is 0 Å². The van der Waals surface area contributed by atoms with Gasteiger partial charge in [0.2, 0.25) is 0 Å². The van der Waals surface area contributed by atoms with Gasteiger partial charge in [-0.15, -0.1) is 0 Å². The Balaban J connectivity index is 1.39. The van der Waals surface area contributed by atoms with E-state index in [9.17, 15) is 4.79 Å². The maximum Gasteiger partial charge on any atom is 0.338 e. The summed E-state index contributed by atoms with van der Waals surface area (Å²) in [6.07, 6.45) is 6.49. The largest absolute Gasteiger partial charge is 0.459 e. The zero-order chi connectivity index (χ0) is 24.8. The van der Waals surface area contributed by atoms with E-state index in [2.05, 4.69) is 52.5 Å². The molecule has 35 heavy (non-hydrogen) atoms. The third-order valence-corrected chi connectivity index (χ3v) is 6.85. The summed E-state index contributed by atoms with van der Waals surface area (Å²) < 4.78 is 6.47. The van der Waals surface area contributed by atoms with Crippen LogP contribution in [0.15, 0.2) is 54.9 Å². The van der Waals surface area contributed by atoms with E-state index in [0.717, 1.165) is 41.3 Å². The van der Waals surface area contributed by atoms with Crippen LogP contribution in [0.2, 0.25) is 0 Å². The van der Waals surface area contributed by atoms with Gasteiger partial charge in [-0.3, -0.25) is 0 Å². The summed E-state index contributed by atoms with van der Waals surface area (Å²) in [6.45, 7) is 4.29. The number of nitrogens with one attached hydrogen (secondary N) is 2. The topological polar surface area (TPSA) is 83.1 Å². The highest BCUT2D eigenvalue weighted by Gasteiger charge is 2.15. The molecule has 184 valence electrons. The summed E-state index contributed by atoms with van der Waals surface area (Å²) in [5, 5.41) is 4.28. The predicted molar refractivity (Wildman–Crippen MR) is 142 cm³/mol. The van der Waals surface area contributed by atoms with Gasteiger partial charge < -0.3 is 19.9 Å². The molecule has 8 heteroatoms. The van der Waals surface area contributed by atoms with E-state index in [1.165, 1.54) is 10.3 Å². The zero-order valence-electron chi connectivity index (χ0n) is 20.7. The Morgan fingerprint density at radius 3 is 2.77 bits per heavy atom. The van der Waals surface area contributed by atoms with Gasteiger partial charge in [0, 0.05) is 31.4 Å². The lowest BCUT2D eigenvalue weighted by Crippen LogP contribution is -2.30. The van der Waals surface area contributed by atoms with Crippen LogP contribution in [0, 0.1) is 0 Å². The molecule has 4 aromatic rings. The van der Waals surface area contributed by atoms with Gasteiger partial charge in [0.05, 0.1) is 21.9 Å². The van der Waals surface area contributed by atoms with Gasteiger partial charge in [0.25, 0.3) is 0 Å². The van der Waals surface area contributed by atoms with Crippen LogP contribution in [0.3, 0.4) is 0 Å². The van der Waals surface area contributed by atoms with Crippen molar-refractivity contribution in [3.05, 3.63) is 77.4 Å². The number of ether oxygens (including phenoxy) is 1. The fraction of sp³-hybridized carbons (Fsp3) is 0.370. The van der Waals surface area contributed by atoms with Crippen LogP contribution in [0.4, 0.5) is 5.13 Å². The van der Waals surface area contributed by atoms with E-state index in [1.807, 2.05) is 38.2 Å². The highest BCUT2D eigenvalue weighted by Crippen LogP contribution is 2.28. The van der Waals surface area contributed by atoms with Gasteiger partial charge in [-0.1, -0.05) is 29.5 Å². The number of H-pyrrole nitrogens is 1. The molecule has 0 spiro atoms. The minimum absolute atomic E-state index is 0.138. The normalized spacial score (nSPS) is 12.4. The second-order valence-corrected chi connectivity index (χ2v) is 10.3. The lowest BCUT2D eigenvalue weighted by atomic mass is 10.0. The van der Waals surface area contributed by atoms with E-state index in [4.69, 9.17) is 9.72 Å². The number of carbonyl (C=O) groups excluding carboxylic acids is 1. The molecule has 2 aromatic heterocycles. The number of benzene rings is 2. The number of esters is 1. The number of fused-ring (bicyclic) bond motifs is 1. The molecule has 7 nitrogen and oxygen atoms in total. The van der Waals surface area contributed by atoms with Gasteiger partial charge >= 0.3 is 5.97 Å². The number of imidazole rings is 1. The molecule has 1 atom stereocenters. The van der Waals surface area contributed by atoms with Crippen molar-refractivity contribution in [3.8, 4) is 0 Å². The smallest absolute Gasteiger partial charge is 0.338 e. The fourth-order valence-corrected chi connectivity index (χ4v) is 4.92. The van der Waals surface area contributed by atoms with Crippen LogP contribution < -0.4 is 5.32 Å². The van der Waals surface area contributed by atoms with Crippen LogP contribution in [0.5, 0.6) is 0 Å². The quantitative estimate of drug-likeness (QED) is 0.277. The number of hydrogen-bond acceptors (Lipinski definition) is 7. The van der Waals surface area contributed by atoms with E-state index < -0.39 is 0 Å². The lowest BCUT2D eigenvalue weighted by Gasteiger charge is -2.24. The maximum atomic E-state index is 12.2. The van der Waals surface area contributed by atoms with Crippen molar-refractivity contribution < 1.29 is 9.53 Å². The Labute approximate surface area is 210 Å². The molecule has 2 N–H and O–H groups in total. The number of thiazole rings is 1. The summed E-state index contributed by atoms with van der Waals surface area (Å²) in [6, 6.07) is 14.5. The number of aromatic amines is 1. The van der Waals surface area contributed by atoms with Gasteiger partial charge in [0.1, 0.15) is 5.82 Å². The third kappa shape index (κ3) is 6.90. The second-order valence-electron chi connectivity index (χ2n) is 9.23. The van der Waals surface area contributed by atoms with Crippen molar-refractivity contribution in [2.45, 2.75) is 51.8 Å².